The molecule has 3 heterocycles. The molecule has 0 radical (unpaired) electrons. The number of thiophene rings is 2. The van der Waals surface area contributed by atoms with E-state index in [1.165, 1.54) is 9.75 Å². The lowest BCUT2D eigenvalue weighted by Gasteiger charge is -2.18. The number of nitrogens with zero attached hydrogens (tertiary/aromatic N) is 1. The van der Waals surface area contributed by atoms with Crippen LogP contribution in [0.3, 0.4) is 0 Å². The number of fused-ring (bicyclic) bond motifs is 1. The molecule has 1 aliphatic rings. The van der Waals surface area contributed by atoms with Gasteiger partial charge in [0.1, 0.15) is 0 Å². The number of aliphatic imine (C=N–C) groups is 1. The van der Waals surface area contributed by atoms with E-state index < -0.39 is 0 Å². The number of amides is 1. The smallest absolute Gasteiger partial charge is 0.252 e. The average molecular weight is 334 g/mol. The number of hydrogen-bond donors (Lipinski definition) is 1. The summed E-state index contributed by atoms with van der Waals surface area (Å²) in [5, 5.41) is 6.88. The molecule has 0 saturated heterocycles. The first kappa shape index (κ1) is 16.6. The van der Waals surface area contributed by atoms with Crippen LogP contribution in [-0.2, 0) is 17.6 Å². The van der Waals surface area contributed by atoms with Gasteiger partial charge >= 0.3 is 0 Å². The predicted molar refractivity (Wildman–Crippen MR) is 90.6 cm³/mol. The standard InChI is InChI=1S/2C8H9NOS/c1-5-4-7-6(2-3-11-7)8(10)9-5;1-7(9-6-10)5-8-3-2-4-11-8/h2-3,5H,4H2,1H3,(H,9,10);2-4,7H,5H2,1H3. The number of isocyanates is 1. The van der Waals surface area contributed by atoms with Crippen LogP contribution in [0.15, 0.2) is 34.0 Å². The van der Waals surface area contributed by atoms with E-state index in [9.17, 15) is 9.59 Å². The van der Waals surface area contributed by atoms with Gasteiger partial charge in [0.05, 0.1) is 11.6 Å². The summed E-state index contributed by atoms with van der Waals surface area (Å²) in [7, 11) is 0. The number of carbonyl (C=O) groups excluding carboxylic acids is 2. The molecule has 0 fully saturated rings. The van der Waals surface area contributed by atoms with Gasteiger partial charge in [0.15, 0.2) is 0 Å². The van der Waals surface area contributed by atoms with Crippen LogP contribution in [-0.4, -0.2) is 24.1 Å². The molecule has 22 heavy (non-hydrogen) atoms. The molecule has 1 amide bonds. The first-order chi connectivity index (χ1) is 10.6. The zero-order chi connectivity index (χ0) is 15.9. The molecule has 1 aliphatic heterocycles. The summed E-state index contributed by atoms with van der Waals surface area (Å²) in [6.45, 7) is 3.94. The van der Waals surface area contributed by atoms with Crippen molar-refractivity contribution in [3.05, 3.63) is 44.3 Å². The van der Waals surface area contributed by atoms with Gasteiger partial charge in [0, 0.05) is 28.6 Å². The second-order valence-electron chi connectivity index (χ2n) is 5.19. The average Bonchev–Trinajstić information content (AvgIpc) is 3.10. The highest BCUT2D eigenvalue weighted by molar-refractivity contribution is 7.10. The molecule has 3 rings (SSSR count). The van der Waals surface area contributed by atoms with Crippen LogP contribution in [0.25, 0.3) is 0 Å². The van der Waals surface area contributed by atoms with Gasteiger partial charge in [-0.2, -0.15) is 0 Å². The molecule has 0 saturated carbocycles. The van der Waals surface area contributed by atoms with Gasteiger partial charge in [0.25, 0.3) is 5.91 Å². The van der Waals surface area contributed by atoms with E-state index in [1.54, 1.807) is 28.8 Å². The predicted octanol–water partition coefficient (Wildman–Crippen LogP) is 3.44. The molecule has 1 N–H and O–H groups in total. The van der Waals surface area contributed by atoms with Crippen LogP contribution in [0.5, 0.6) is 0 Å². The van der Waals surface area contributed by atoms with Gasteiger partial charge in [-0.3, -0.25) is 4.79 Å². The molecule has 0 aliphatic carbocycles. The third-order valence-electron chi connectivity index (χ3n) is 3.21. The molecular weight excluding hydrogens is 316 g/mol. The van der Waals surface area contributed by atoms with Gasteiger partial charge in [-0.15, -0.1) is 22.7 Å². The molecular formula is C16H18N2O2S2. The highest BCUT2D eigenvalue weighted by Crippen LogP contribution is 2.21. The summed E-state index contributed by atoms with van der Waals surface area (Å²) in [5.74, 6) is 0.0833. The van der Waals surface area contributed by atoms with Crippen LogP contribution in [0.1, 0.15) is 34.0 Å². The van der Waals surface area contributed by atoms with Gasteiger partial charge in [-0.25, -0.2) is 9.79 Å². The number of rotatable bonds is 3. The van der Waals surface area contributed by atoms with E-state index in [1.807, 2.05) is 42.8 Å². The highest BCUT2D eigenvalue weighted by Gasteiger charge is 2.21. The number of carbonyl (C=O) groups is 1. The lowest BCUT2D eigenvalue weighted by atomic mass is 10.1. The molecule has 2 atom stereocenters. The van der Waals surface area contributed by atoms with Crippen molar-refractivity contribution in [3.63, 3.8) is 0 Å². The molecule has 0 aromatic carbocycles. The topological polar surface area (TPSA) is 58.5 Å². The van der Waals surface area contributed by atoms with Gasteiger partial charge in [0.2, 0.25) is 6.08 Å². The maximum absolute atomic E-state index is 11.3. The van der Waals surface area contributed by atoms with E-state index >= 15 is 0 Å². The van der Waals surface area contributed by atoms with Crippen LogP contribution in [0, 0.1) is 0 Å². The minimum absolute atomic E-state index is 0.0612. The molecule has 116 valence electrons. The third-order valence-corrected chi connectivity index (χ3v) is 5.05. The molecule has 4 nitrogen and oxygen atoms in total. The lowest BCUT2D eigenvalue weighted by molar-refractivity contribution is 0.0930. The molecule has 0 bridgehead atoms. The molecule has 0 spiro atoms. The summed E-state index contributed by atoms with van der Waals surface area (Å²) in [6.07, 6.45) is 3.38. The van der Waals surface area contributed by atoms with E-state index in [4.69, 9.17) is 0 Å². The van der Waals surface area contributed by atoms with Crippen LogP contribution in [0.4, 0.5) is 0 Å². The van der Waals surface area contributed by atoms with Crippen molar-refractivity contribution >= 4 is 34.7 Å². The van der Waals surface area contributed by atoms with Crippen molar-refractivity contribution < 1.29 is 9.59 Å². The maximum atomic E-state index is 11.3. The minimum Gasteiger partial charge on any atom is -0.349 e. The Morgan fingerprint density at radius 1 is 1.41 bits per heavy atom. The van der Waals surface area contributed by atoms with E-state index in [2.05, 4.69) is 10.3 Å². The Balaban J connectivity index is 0.000000160. The Bertz CT molecular complexity index is 658. The summed E-state index contributed by atoms with van der Waals surface area (Å²) in [5.41, 5.74) is 0.869. The Kier molecular flexibility index (Phi) is 6.07. The third kappa shape index (κ3) is 4.63. The molecule has 6 heteroatoms. The van der Waals surface area contributed by atoms with Crippen molar-refractivity contribution in [2.45, 2.75) is 38.8 Å². The van der Waals surface area contributed by atoms with Crippen molar-refractivity contribution in [1.82, 2.24) is 5.32 Å². The van der Waals surface area contributed by atoms with E-state index in [-0.39, 0.29) is 11.9 Å². The lowest BCUT2D eigenvalue weighted by Crippen LogP contribution is -2.38. The summed E-state index contributed by atoms with van der Waals surface area (Å²) >= 11 is 3.36. The molecule has 2 aromatic rings. The maximum Gasteiger partial charge on any atom is 0.252 e. The van der Waals surface area contributed by atoms with Crippen molar-refractivity contribution in [2.24, 2.45) is 4.99 Å². The first-order valence-corrected chi connectivity index (χ1v) is 8.82. The van der Waals surface area contributed by atoms with Gasteiger partial charge in [-0.1, -0.05) is 6.07 Å². The largest absolute Gasteiger partial charge is 0.349 e. The normalized spacial score (nSPS) is 17.4. The second kappa shape index (κ2) is 8.03. The highest BCUT2D eigenvalue weighted by atomic mass is 32.1. The Morgan fingerprint density at radius 3 is 2.91 bits per heavy atom. The van der Waals surface area contributed by atoms with Gasteiger partial charge in [-0.05, 0) is 36.7 Å². The Labute approximate surface area is 137 Å². The monoisotopic (exact) mass is 334 g/mol. The second-order valence-corrected chi connectivity index (χ2v) is 7.22. The Hall–Kier alpha value is -1.75. The number of hydrogen-bond acceptors (Lipinski definition) is 5. The SMILES string of the molecule is CC(Cc1cccs1)N=C=O.CC1Cc2sccc2C(=O)N1. The van der Waals surface area contributed by atoms with E-state index in [0.29, 0.717) is 6.04 Å². The van der Waals surface area contributed by atoms with Crippen LogP contribution < -0.4 is 5.32 Å². The summed E-state index contributed by atoms with van der Waals surface area (Å²) < 4.78 is 0. The zero-order valence-electron chi connectivity index (χ0n) is 12.5. The zero-order valence-corrected chi connectivity index (χ0v) is 14.2. The van der Waals surface area contributed by atoms with Crippen LogP contribution >= 0.6 is 22.7 Å². The van der Waals surface area contributed by atoms with Crippen LogP contribution in [0.2, 0.25) is 0 Å². The Morgan fingerprint density at radius 2 is 2.23 bits per heavy atom. The van der Waals surface area contributed by atoms with Crippen molar-refractivity contribution in [1.29, 1.82) is 0 Å². The fraction of sp³-hybridized carbons (Fsp3) is 0.375. The number of nitrogens with one attached hydrogen (secondary N) is 1. The van der Waals surface area contributed by atoms with Gasteiger partial charge < -0.3 is 5.32 Å². The minimum atomic E-state index is 0.0612. The fourth-order valence-corrected chi connectivity index (χ4v) is 4.02. The molecule has 2 aromatic heterocycles. The summed E-state index contributed by atoms with van der Waals surface area (Å²) in [4.78, 5) is 27.2. The van der Waals surface area contributed by atoms with Crippen molar-refractivity contribution in [2.75, 3.05) is 0 Å². The quantitative estimate of drug-likeness (QED) is 0.690. The fourth-order valence-electron chi connectivity index (χ4n) is 2.19. The first-order valence-electron chi connectivity index (χ1n) is 7.06. The molecule has 2 unspecified atom stereocenters. The summed E-state index contributed by atoms with van der Waals surface area (Å²) in [6, 6.07) is 6.29. The van der Waals surface area contributed by atoms with Crippen molar-refractivity contribution in [3.8, 4) is 0 Å². The van der Waals surface area contributed by atoms with E-state index in [0.717, 1.165) is 18.4 Å².